The van der Waals surface area contributed by atoms with E-state index in [9.17, 15) is 14.4 Å². The molecule has 0 saturated carbocycles. The predicted octanol–water partition coefficient (Wildman–Crippen LogP) is 2.83. The lowest BCUT2D eigenvalue weighted by atomic mass is 9.70. The average molecular weight is 558 g/mol. The number of amides is 3. The summed E-state index contributed by atoms with van der Waals surface area (Å²) in [5.41, 5.74) is -0.404. The van der Waals surface area contributed by atoms with E-state index in [1.54, 1.807) is 11.9 Å². The average Bonchev–Trinajstić information content (AvgIpc) is 3.46. The SMILES string of the molecule is CNC(=O)[C@H]1[C@@H]2OC3(CC2Br)C(C(=O)Nc2ccc4ccccc4c2)N(CCCCCCO)C(=O)[C@H]13. The number of rotatable bonds is 9. The molecule has 0 radical (unpaired) electrons. The number of fused-ring (bicyclic) bond motifs is 2. The first-order valence-corrected chi connectivity index (χ1v) is 13.6. The van der Waals surface area contributed by atoms with Crippen LogP contribution in [-0.4, -0.2) is 70.5 Å². The quantitative estimate of drug-likeness (QED) is 0.324. The number of ether oxygens (including phenoxy) is 1. The molecule has 3 aliphatic heterocycles. The Morgan fingerprint density at radius 3 is 2.61 bits per heavy atom. The van der Waals surface area contributed by atoms with Crippen molar-refractivity contribution in [2.75, 3.05) is 25.5 Å². The molecule has 36 heavy (non-hydrogen) atoms. The lowest BCUT2D eigenvalue weighted by molar-refractivity contribution is -0.140. The zero-order valence-corrected chi connectivity index (χ0v) is 21.9. The summed E-state index contributed by atoms with van der Waals surface area (Å²) >= 11 is 3.67. The van der Waals surface area contributed by atoms with Crippen molar-refractivity contribution in [3.63, 3.8) is 0 Å². The van der Waals surface area contributed by atoms with E-state index < -0.39 is 29.6 Å². The van der Waals surface area contributed by atoms with Crippen LogP contribution in [0.25, 0.3) is 10.8 Å². The molecule has 2 aromatic carbocycles. The molecular formula is C27H32BrN3O5. The molecule has 0 aromatic heterocycles. The Balaban J connectivity index is 1.45. The molecule has 2 aromatic rings. The van der Waals surface area contributed by atoms with E-state index in [4.69, 9.17) is 9.84 Å². The zero-order valence-electron chi connectivity index (χ0n) is 20.3. The summed E-state index contributed by atoms with van der Waals surface area (Å²) in [4.78, 5) is 42.1. The fraction of sp³-hybridized carbons (Fsp3) is 0.519. The smallest absolute Gasteiger partial charge is 0.250 e. The van der Waals surface area contributed by atoms with Crippen LogP contribution in [0.4, 0.5) is 5.69 Å². The van der Waals surface area contributed by atoms with Crippen molar-refractivity contribution in [2.45, 2.75) is 54.7 Å². The van der Waals surface area contributed by atoms with Gasteiger partial charge in [0.2, 0.25) is 17.7 Å². The number of nitrogens with zero attached hydrogens (tertiary/aromatic N) is 1. The van der Waals surface area contributed by atoms with Gasteiger partial charge in [0.25, 0.3) is 0 Å². The zero-order chi connectivity index (χ0) is 25.4. The summed E-state index contributed by atoms with van der Waals surface area (Å²) in [6.45, 7) is 0.542. The van der Waals surface area contributed by atoms with Crippen molar-refractivity contribution in [1.82, 2.24) is 10.2 Å². The third kappa shape index (κ3) is 4.11. The number of unbranched alkanes of at least 4 members (excludes halogenated alkanes) is 3. The molecule has 0 aliphatic carbocycles. The van der Waals surface area contributed by atoms with Gasteiger partial charge in [0.05, 0.1) is 17.9 Å². The summed E-state index contributed by atoms with van der Waals surface area (Å²) in [6.07, 6.45) is 3.13. The fourth-order valence-corrected chi connectivity index (χ4v) is 7.30. The predicted molar refractivity (Wildman–Crippen MR) is 140 cm³/mol. The van der Waals surface area contributed by atoms with Gasteiger partial charge >= 0.3 is 0 Å². The molecule has 9 heteroatoms. The molecule has 5 rings (SSSR count). The number of carbonyl (C=O) groups excluding carboxylic acids is 3. The molecule has 3 amide bonds. The number of halogens is 1. The maximum atomic E-state index is 13.9. The number of anilines is 1. The maximum absolute atomic E-state index is 13.9. The summed E-state index contributed by atoms with van der Waals surface area (Å²) in [6, 6.07) is 12.8. The number of carbonyl (C=O) groups is 3. The molecule has 3 heterocycles. The van der Waals surface area contributed by atoms with Gasteiger partial charge in [0, 0.05) is 30.7 Å². The first-order valence-electron chi connectivity index (χ1n) is 12.7. The molecule has 3 fully saturated rings. The first kappa shape index (κ1) is 25.2. The molecule has 3 aliphatic rings. The van der Waals surface area contributed by atoms with Crippen molar-refractivity contribution in [1.29, 1.82) is 0 Å². The lowest BCUT2D eigenvalue weighted by Crippen LogP contribution is -2.54. The van der Waals surface area contributed by atoms with Gasteiger partial charge in [0.1, 0.15) is 11.6 Å². The highest BCUT2D eigenvalue weighted by molar-refractivity contribution is 9.09. The molecule has 2 bridgehead atoms. The van der Waals surface area contributed by atoms with Crippen LogP contribution in [0.15, 0.2) is 42.5 Å². The van der Waals surface area contributed by atoms with Crippen LogP contribution in [0.5, 0.6) is 0 Å². The van der Waals surface area contributed by atoms with Crippen molar-refractivity contribution in [3.05, 3.63) is 42.5 Å². The van der Waals surface area contributed by atoms with E-state index >= 15 is 0 Å². The number of nitrogens with one attached hydrogen (secondary N) is 2. The van der Waals surface area contributed by atoms with E-state index in [0.29, 0.717) is 31.5 Å². The minimum absolute atomic E-state index is 0.121. The minimum Gasteiger partial charge on any atom is -0.396 e. The Morgan fingerprint density at radius 2 is 1.86 bits per heavy atom. The Hall–Kier alpha value is -2.49. The molecule has 1 spiro atoms. The van der Waals surface area contributed by atoms with Gasteiger partial charge in [-0.05, 0) is 42.2 Å². The van der Waals surface area contributed by atoms with Crippen molar-refractivity contribution in [3.8, 4) is 0 Å². The highest BCUT2D eigenvalue weighted by Crippen LogP contribution is 2.60. The molecule has 3 saturated heterocycles. The first-order chi connectivity index (χ1) is 17.4. The van der Waals surface area contributed by atoms with Gasteiger partial charge < -0.3 is 25.4 Å². The third-order valence-electron chi connectivity index (χ3n) is 7.91. The van der Waals surface area contributed by atoms with Crippen LogP contribution in [0, 0.1) is 11.8 Å². The van der Waals surface area contributed by atoms with Crippen LogP contribution >= 0.6 is 15.9 Å². The largest absolute Gasteiger partial charge is 0.396 e. The van der Waals surface area contributed by atoms with E-state index in [2.05, 4.69) is 26.6 Å². The Bertz CT molecular complexity index is 1180. The third-order valence-corrected chi connectivity index (χ3v) is 8.76. The van der Waals surface area contributed by atoms with Crippen LogP contribution in [0.2, 0.25) is 0 Å². The number of likely N-dealkylation sites (tertiary alicyclic amines) is 1. The lowest BCUT2D eigenvalue weighted by Gasteiger charge is -2.34. The van der Waals surface area contributed by atoms with E-state index in [1.807, 2.05) is 42.5 Å². The maximum Gasteiger partial charge on any atom is 0.250 e. The number of alkyl halides is 1. The summed E-state index contributed by atoms with van der Waals surface area (Å²) in [7, 11) is 1.56. The van der Waals surface area contributed by atoms with E-state index in [1.165, 1.54) is 0 Å². The number of benzene rings is 2. The molecule has 3 N–H and O–H groups in total. The van der Waals surface area contributed by atoms with Crippen molar-refractivity contribution in [2.24, 2.45) is 11.8 Å². The Morgan fingerprint density at radius 1 is 1.11 bits per heavy atom. The molecule has 6 atom stereocenters. The highest BCUT2D eigenvalue weighted by Gasteiger charge is 2.76. The Kier molecular flexibility index (Phi) is 7.07. The summed E-state index contributed by atoms with van der Waals surface area (Å²) in [5.74, 6) is -2.05. The number of aliphatic hydroxyl groups is 1. The second-order valence-corrected chi connectivity index (χ2v) is 11.2. The fourth-order valence-electron chi connectivity index (χ4n) is 6.36. The van der Waals surface area contributed by atoms with E-state index in [0.717, 1.165) is 23.6 Å². The van der Waals surface area contributed by atoms with Gasteiger partial charge in [-0.25, -0.2) is 0 Å². The van der Waals surface area contributed by atoms with Gasteiger partial charge in [-0.15, -0.1) is 0 Å². The monoisotopic (exact) mass is 557 g/mol. The second kappa shape index (κ2) is 10.1. The molecule has 192 valence electrons. The van der Waals surface area contributed by atoms with Crippen LogP contribution < -0.4 is 10.6 Å². The Labute approximate surface area is 218 Å². The number of hydrogen-bond acceptors (Lipinski definition) is 5. The normalized spacial score (nSPS) is 30.6. The number of aliphatic hydroxyl groups excluding tert-OH is 1. The number of hydrogen-bond donors (Lipinski definition) is 3. The van der Waals surface area contributed by atoms with Crippen molar-refractivity contribution < 1.29 is 24.2 Å². The summed E-state index contributed by atoms with van der Waals surface area (Å²) in [5, 5.41) is 16.9. The van der Waals surface area contributed by atoms with E-state index in [-0.39, 0.29) is 29.2 Å². The van der Waals surface area contributed by atoms with Gasteiger partial charge in [0.15, 0.2) is 0 Å². The molecule has 8 nitrogen and oxygen atoms in total. The summed E-state index contributed by atoms with van der Waals surface area (Å²) < 4.78 is 6.45. The topological polar surface area (TPSA) is 108 Å². The van der Waals surface area contributed by atoms with Gasteiger partial charge in [-0.1, -0.05) is 59.1 Å². The minimum atomic E-state index is -1.06. The molecule has 3 unspecified atom stereocenters. The second-order valence-electron chi connectivity index (χ2n) is 10.00. The van der Waals surface area contributed by atoms with Gasteiger partial charge in [-0.2, -0.15) is 0 Å². The van der Waals surface area contributed by atoms with Crippen molar-refractivity contribution >= 4 is 50.1 Å². The van der Waals surface area contributed by atoms with Crippen LogP contribution in [-0.2, 0) is 19.1 Å². The highest BCUT2D eigenvalue weighted by atomic mass is 79.9. The molecular weight excluding hydrogens is 526 g/mol. The van der Waals surface area contributed by atoms with Crippen LogP contribution in [0.3, 0.4) is 0 Å². The van der Waals surface area contributed by atoms with Crippen LogP contribution in [0.1, 0.15) is 32.1 Å². The standard InChI is InChI=1S/C27H32BrN3O5/c1-29-24(33)20-21-26(35)31(12-6-2-3-7-13-32)23(27(21)15-19(28)22(20)36-27)25(34)30-18-11-10-16-8-4-5-9-17(16)14-18/h4-5,8-11,14,19-23,32H,2-3,6-7,12-13,15H2,1H3,(H,29,33)(H,30,34)/t19?,20-,21+,22-,23?,27?/m1/s1. The van der Waals surface area contributed by atoms with Gasteiger partial charge in [-0.3, -0.25) is 14.4 Å².